The average Bonchev–Trinajstić information content (AvgIpc) is 3.22. The fraction of sp³-hybridized carbons (Fsp3) is 0.0645. The van der Waals surface area contributed by atoms with Gasteiger partial charge in [0.25, 0.3) is 5.91 Å². The summed E-state index contributed by atoms with van der Waals surface area (Å²) in [5.74, 6) is 0.721. The monoisotopic (exact) mass is 492 g/mol. The topological polar surface area (TPSA) is 41.6 Å². The van der Waals surface area contributed by atoms with Crippen molar-refractivity contribution in [3.05, 3.63) is 131 Å². The minimum Gasteiger partial charge on any atom is -0.494 e. The second-order valence-electron chi connectivity index (χ2n) is 8.32. The van der Waals surface area contributed by atoms with E-state index in [0.29, 0.717) is 17.2 Å². The highest BCUT2D eigenvalue weighted by molar-refractivity contribution is 6.30. The highest BCUT2D eigenvalue weighted by atomic mass is 35.5. The van der Waals surface area contributed by atoms with Crippen molar-refractivity contribution in [2.75, 3.05) is 16.8 Å². The first-order valence-corrected chi connectivity index (χ1v) is 12.2. The molecule has 1 aliphatic heterocycles. The predicted octanol–water partition coefficient (Wildman–Crippen LogP) is 7.95. The number of benzene rings is 4. The van der Waals surface area contributed by atoms with Crippen LogP contribution in [-0.4, -0.2) is 12.5 Å². The lowest BCUT2D eigenvalue weighted by Crippen LogP contribution is -2.24. The molecule has 178 valence electrons. The molecule has 0 atom stereocenters. The number of hydrogen-bond acceptors (Lipinski definition) is 3. The Morgan fingerprint density at radius 3 is 2.17 bits per heavy atom. The van der Waals surface area contributed by atoms with E-state index in [-0.39, 0.29) is 5.91 Å². The number of carbonyl (C=O) groups excluding carboxylic acids is 1. The van der Waals surface area contributed by atoms with Crippen LogP contribution in [0.15, 0.2) is 115 Å². The average molecular weight is 493 g/mol. The summed E-state index contributed by atoms with van der Waals surface area (Å²) in [7, 11) is 0. The van der Waals surface area contributed by atoms with E-state index in [1.807, 2.05) is 122 Å². The van der Waals surface area contributed by atoms with E-state index in [2.05, 4.69) is 5.32 Å². The molecular formula is C31H25ClN2O2. The van der Waals surface area contributed by atoms with Gasteiger partial charge in [0.1, 0.15) is 5.75 Å². The Hall–Kier alpha value is -4.28. The van der Waals surface area contributed by atoms with Gasteiger partial charge in [-0.1, -0.05) is 54.1 Å². The Bertz CT molecular complexity index is 1410. The summed E-state index contributed by atoms with van der Waals surface area (Å²) < 4.78 is 5.53. The number of carbonyl (C=O) groups is 1. The summed E-state index contributed by atoms with van der Waals surface area (Å²) >= 11 is 6.13. The Morgan fingerprint density at radius 1 is 0.833 bits per heavy atom. The van der Waals surface area contributed by atoms with Crippen molar-refractivity contribution >= 4 is 46.3 Å². The number of hydrogen-bond donors (Lipinski definition) is 1. The Labute approximate surface area is 216 Å². The number of para-hydroxylation sites is 1. The lowest BCUT2D eigenvalue weighted by Gasteiger charge is -2.21. The zero-order valence-electron chi connectivity index (χ0n) is 19.8. The summed E-state index contributed by atoms with van der Waals surface area (Å²) in [5.41, 5.74) is 5.99. The van der Waals surface area contributed by atoms with Gasteiger partial charge in [0.2, 0.25) is 0 Å². The van der Waals surface area contributed by atoms with Gasteiger partial charge in [-0.05, 0) is 90.9 Å². The van der Waals surface area contributed by atoms with Crippen LogP contribution in [0.4, 0.5) is 17.1 Å². The maximum absolute atomic E-state index is 13.6. The van der Waals surface area contributed by atoms with Crippen molar-refractivity contribution in [2.45, 2.75) is 6.92 Å². The van der Waals surface area contributed by atoms with Crippen molar-refractivity contribution in [2.24, 2.45) is 0 Å². The second kappa shape index (κ2) is 10.5. The van der Waals surface area contributed by atoms with Gasteiger partial charge in [-0.15, -0.1) is 0 Å². The van der Waals surface area contributed by atoms with Gasteiger partial charge in [0.05, 0.1) is 12.3 Å². The molecule has 0 aromatic heterocycles. The van der Waals surface area contributed by atoms with Gasteiger partial charge in [0.15, 0.2) is 0 Å². The van der Waals surface area contributed by atoms with Crippen molar-refractivity contribution in [1.29, 1.82) is 0 Å². The molecule has 4 aromatic rings. The molecule has 1 heterocycles. The van der Waals surface area contributed by atoms with Crippen LogP contribution < -0.4 is 15.0 Å². The van der Waals surface area contributed by atoms with Crippen LogP contribution >= 0.6 is 11.6 Å². The molecule has 0 spiro atoms. The molecule has 0 unspecified atom stereocenters. The van der Waals surface area contributed by atoms with Crippen LogP contribution in [0.25, 0.3) is 11.8 Å². The number of nitrogens with zero attached hydrogens (tertiary/aromatic N) is 1. The van der Waals surface area contributed by atoms with Crippen molar-refractivity contribution in [3.63, 3.8) is 0 Å². The number of amides is 1. The van der Waals surface area contributed by atoms with E-state index in [0.717, 1.165) is 39.6 Å². The van der Waals surface area contributed by atoms with Crippen LogP contribution in [0, 0.1) is 0 Å². The molecule has 1 aliphatic rings. The fourth-order valence-electron chi connectivity index (χ4n) is 4.09. The van der Waals surface area contributed by atoms with E-state index in [4.69, 9.17) is 16.3 Å². The third-order valence-corrected chi connectivity index (χ3v) is 6.08. The minimum absolute atomic E-state index is 0.0856. The van der Waals surface area contributed by atoms with Gasteiger partial charge >= 0.3 is 0 Å². The standard InChI is InChI=1S/C31H25ClN2O2/c1-2-36-29-18-8-22(9-19-29)20-24-21-30(23-10-12-25(32)13-11-23)34(31(24)35)28-16-14-27(15-17-28)33-26-6-4-3-5-7-26/h3-21,33H,2H2,1H3/b24-20+. The number of nitrogens with one attached hydrogen (secondary N) is 1. The summed E-state index contributed by atoms with van der Waals surface area (Å²) in [6.45, 7) is 2.57. The van der Waals surface area contributed by atoms with E-state index in [9.17, 15) is 4.79 Å². The molecule has 4 aromatic carbocycles. The largest absolute Gasteiger partial charge is 0.494 e. The summed E-state index contributed by atoms with van der Waals surface area (Å²) in [5, 5.41) is 4.03. The van der Waals surface area contributed by atoms with Gasteiger partial charge < -0.3 is 10.1 Å². The third-order valence-electron chi connectivity index (χ3n) is 5.82. The quantitative estimate of drug-likeness (QED) is 0.266. The number of halogens is 1. The van der Waals surface area contributed by atoms with Crippen LogP contribution in [0.3, 0.4) is 0 Å². The lowest BCUT2D eigenvalue weighted by atomic mass is 10.1. The molecular weight excluding hydrogens is 468 g/mol. The Morgan fingerprint density at radius 2 is 1.50 bits per heavy atom. The molecule has 0 saturated heterocycles. The third kappa shape index (κ3) is 5.19. The maximum Gasteiger partial charge on any atom is 0.262 e. The van der Waals surface area contributed by atoms with E-state index in [1.54, 1.807) is 4.90 Å². The molecule has 0 radical (unpaired) electrons. The highest BCUT2D eigenvalue weighted by Crippen LogP contribution is 2.36. The summed E-state index contributed by atoms with van der Waals surface area (Å²) in [6.07, 6.45) is 3.83. The smallest absolute Gasteiger partial charge is 0.262 e. The fourth-order valence-corrected chi connectivity index (χ4v) is 4.22. The molecule has 0 saturated carbocycles. The maximum atomic E-state index is 13.6. The normalized spacial score (nSPS) is 14.2. The van der Waals surface area contributed by atoms with E-state index < -0.39 is 0 Å². The van der Waals surface area contributed by atoms with E-state index in [1.165, 1.54) is 0 Å². The van der Waals surface area contributed by atoms with Crippen LogP contribution in [0.1, 0.15) is 18.1 Å². The SMILES string of the molecule is CCOc1ccc(/C=C2\C=C(c3ccc(Cl)cc3)N(c3ccc(Nc4ccccc4)cc3)C2=O)cc1. The highest BCUT2D eigenvalue weighted by Gasteiger charge is 2.30. The zero-order chi connectivity index (χ0) is 24.9. The Kier molecular flexibility index (Phi) is 6.87. The van der Waals surface area contributed by atoms with Gasteiger partial charge in [-0.3, -0.25) is 9.69 Å². The Balaban J connectivity index is 1.47. The molecule has 0 bridgehead atoms. The molecule has 0 aliphatic carbocycles. The minimum atomic E-state index is -0.0856. The van der Waals surface area contributed by atoms with E-state index >= 15 is 0 Å². The molecule has 36 heavy (non-hydrogen) atoms. The summed E-state index contributed by atoms with van der Waals surface area (Å²) in [4.78, 5) is 15.4. The van der Waals surface area contributed by atoms with Crippen molar-refractivity contribution < 1.29 is 9.53 Å². The zero-order valence-corrected chi connectivity index (χ0v) is 20.6. The molecule has 5 rings (SSSR count). The van der Waals surface area contributed by atoms with Gasteiger partial charge in [0, 0.05) is 27.7 Å². The lowest BCUT2D eigenvalue weighted by molar-refractivity contribution is -0.113. The van der Waals surface area contributed by atoms with Crippen LogP contribution in [-0.2, 0) is 4.79 Å². The number of rotatable bonds is 7. The number of anilines is 3. The second-order valence-corrected chi connectivity index (χ2v) is 8.75. The molecule has 5 heteroatoms. The molecule has 4 nitrogen and oxygen atoms in total. The molecule has 0 fully saturated rings. The van der Waals surface area contributed by atoms with Gasteiger partial charge in [-0.2, -0.15) is 0 Å². The summed E-state index contributed by atoms with van der Waals surface area (Å²) in [6, 6.07) is 33.1. The van der Waals surface area contributed by atoms with Crippen LogP contribution in [0.5, 0.6) is 5.75 Å². The van der Waals surface area contributed by atoms with Crippen LogP contribution in [0.2, 0.25) is 5.02 Å². The molecule has 1 amide bonds. The first kappa shape index (κ1) is 23.5. The van der Waals surface area contributed by atoms with Gasteiger partial charge in [-0.25, -0.2) is 0 Å². The van der Waals surface area contributed by atoms with Crippen molar-refractivity contribution in [1.82, 2.24) is 0 Å². The number of ether oxygens (including phenoxy) is 1. The predicted molar refractivity (Wildman–Crippen MR) is 149 cm³/mol. The first-order valence-electron chi connectivity index (χ1n) is 11.8. The van der Waals surface area contributed by atoms with Crippen molar-refractivity contribution in [3.8, 4) is 5.75 Å². The first-order chi connectivity index (χ1) is 17.6. The molecule has 1 N–H and O–H groups in total.